The number of nitrogens with one attached hydrogen (secondary N) is 1. The lowest BCUT2D eigenvalue weighted by Crippen LogP contribution is -2.34. The van der Waals surface area contributed by atoms with E-state index in [2.05, 4.69) is 31.1 Å². The minimum atomic E-state index is 0.427. The van der Waals surface area contributed by atoms with Crippen molar-refractivity contribution >= 4 is 11.8 Å². The summed E-state index contributed by atoms with van der Waals surface area (Å²) in [7, 11) is 1.68. The number of anilines is 2. The van der Waals surface area contributed by atoms with Crippen molar-refractivity contribution in [1.29, 1.82) is 0 Å². The zero-order valence-corrected chi connectivity index (χ0v) is 14.7. The molecule has 7 heteroatoms. The summed E-state index contributed by atoms with van der Waals surface area (Å²) in [4.78, 5) is 10.9. The van der Waals surface area contributed by atoms with Crippen LogP contribution in [0.15, 0.2) is 42.7 Å². The Bertz CT molecular complexity index is 885. The Hall–Kier alpha value is -3.09. The third kappa shape index (κ3) is 3.20. The third-order valence-electron chi connectivity index (χ3n) is 4.90. The van der Waals surface area contributed by atoms with Crippen LogP contribution in [-0.2, 0) is 0 Å². The highest BCUT2D eigenvalue weighted by Crippen LogP contribution is 2.35. The number of hydrogen-bond donors (Lipinski definition) is 2. The Morgan fingerprint density at radius 1 is 1.23 bits per heavy atom. The van der Waals surface area contributed by atoms with Gasteiger partial charge in [-0.3, -0.25) is 5.10 Å². The summed E-state index contributed by atoms with van der Waals surface area (Å²) in [5.41, 5.74) is 9.22. The molecule has 3 aromatic rings. The van der Waals surface area contributed by atoms with Crippen LogP contribution in [0, 0.1) is 0 Å². The molecule has 1 aliphatic heterocycles. The number of benzene rings is 1. The van der Waals surface area contributed by atoms with E-state index >= 15 is 0 Å². The molecule has 134 valence electrons. The van der Waals surface area contributed by atoms with E-state index in [0.717, 1.165) is 42.8 Å². The average Bonchev–Trinajstić information content (AvgIpc) is 3.18. The molecule has 0 bridgehead atoms. The molecule has 1 fully saturated rings. The Morgan fingerprint density at radius 2 is 2.08 bits per heavy atom. The molecule has 4 rings (SSSR count). The lowest BCUT2D eigenvalue weighted by atomic mass is 9.89. The second-order valence-corrected chi connectivity index (χ2v) is 6.47. The van der Waals surface area contributed by atoms with Crippen molar-refractivity contribution in [2.75, 3.05) is 30.8 Å². The maximum absolute atomic E-state index is 5.78. The minimum Gasteiger partial charge on any atom is -0.497 e. The van der Waals surface area contributed by atoms with Crippen molar-refractivity contribution in [2.45, 2.75) is 18.8 Å². The predicted molar refractivity (Wildman–Crippen MR) is 101 cm³/mol. The number of nitrogens with zero attached hydrogens (tertiary/aromatic N) is 4. The van der Waals surface area contributed by atoms with Crippen LogP contribution < -0.4 is 15.4 Å². The second kappa shape index (κ2) is 7.03. The highest BCUT2D eigenvalue weighted by atomic mass is 16.5. The van der Waals surface area contributed by atoms with E-state index in [1.165, 1.54) is 5.69 Å². The number of rotatable bonds is 4. The first-order valence-electron chi connectivity index (χ1n) is 8.76. The molecule has 0 unspecified atom stereocenters. The first-order valence-corrected chi connectivity index (χ1v) is 8.76. The number of nitrogens with two attached hydrogens (primary N) is 1. The molecule has 0 atom stereocenters. The second-order valence-electron chi connectivity index (χ2n) is 6.47. The maximum atomic E-state index is 5.78. The van der Waals surface area contributed by atoms with E-state index in [9.17, 15) is 0 Å². The highest BCUT2D eigenvalue weighted by molar-refractivity contribution is 5.67. The van der Waals surface area contributed by atoms with Crippen LogP contribution >= 0.6 is 0 Å². The number of methoxy groups -OCH3 is 1. The van der Waals surface area contributed by atoms with Gasteiger partial charge in [0.25, 0.3) is 0 Å². The molecule has 3 N–H and O–H groups in total. The van der Waals surface area contributed by atoms with E-state index in [-0.39, 0.29) is 0 Å². The van der Waals surface area contributed by atoms with Gasteiger partial charge in [-0.05, 0) is 36.6 Å². The minimum absolute atomic E-state index is 0.427. The van der Waals surface area contributed by atoms with Gasteiger partial charge in [0, 0.05) is 36.5 Å². The molecule has 0 saturated carbocycles. The number of H-pyrrole nitrogens is 1. The summed E-state index contributed by atoms with van der Waals surface area (Å²) in [5.74, 6) is 2.49. The Morgan fingerprint density at radius 3 is 2.85 bits per heavy atom. The predicted octanol–water partition coefficient (Wildman–Crippen LogP) is 2.84. The zero-order chi connectivity index (χ0) is 17.9. The molecule has 1 aromatic carbocycles. The summed E-state index contributed by atoms with van der Waals surface area (Å²) in [6.07, 6.45) is 5.63. The van der Waals surface area contributed by atoms with Crippen LogP contribution in [0.3, 0.4) is 0 Å². The van der Waals surface area contributed by atoms with Gasteiger partial charge in [-0.1, -0.05) is 12.1 Å². The third-order valence-corrected chi connectivity index (χ3v) is 4.90. The number of hydrogen-bond acceptors (Lipinski definition) is 6. The first-order chi connectivity index (χ1) is 12.7. The van der Waals surface area contributed by atoms with Crippen LogP contribution in [0.4, 0.5) is 11.8 Å². The van der Waals surface area contributed by atoms with Gasteiger partial charge in [0.1, 0.15) is 11.6 Å². The van der Waals surface area contributed by atoms with Crippen LogP contribution in [-0.4, -0.2) is 40.4 Å². The van der Waals surface area contributed by atoms with Crippen LogP contribution in [0.2, 0.25) is 0 Å². The molecule has 0 spiro atoms. The summed E-state index contributed by atoms with van der Waals surface area (Å²) in [6.45, 7) is 1.79. The van der Waals surface area contributed by atoms with Crippen LogP contribution in [0.25, 0.3) is 11.1 Å². The number of ether oxygens (including phenoxy) is 1. The van der Waals surface area contributed by atoms with Gasteiger partial charge in [0.05, 0.1) is 13.3 Å². The number of aromatic nitrogens is 4. The topological polar surface area (TPSA) is 93.0 Å². The van der Waals surface area contributed by atoms with Gasteiger partial charge < -0.3 is 15.4 Å². The SMILES string of the molecule is COc1cccc(-c2cn[nH]c2C2CCN(c3nccc(N)n3)CC2)c1. The monoisotopic (exact) mass is 350 g/mol. The number of piperidine rings is 1. The fraction of sp³-hybridized carbons (Fsp3) is 0.316. The summed E-state index contributed by atoms with van der Waals surface area (Å²) >= 11 is 0. The van der Waals surface area contributed by atoms with Crippen molar-refractivity contribution < 1.29 is 4.74 Å². The van der Waals surface area contributed by atoms with Gasteiger partial charge in [-0.2, -0.15) is 10.1 Å². The van der Waals surface area contributed by atoms with E-state index < -0.39 is 0 Å². The van der Waals surface area contributed by atoms with Crippen molar-refractivity contribution in [1.82, 2.24) is 20.2 Å². The number of aromatic amines is 1. The van der Waals surface area contributed by atoms with Crippen molar-refractivity contribution in [3.8, 4) is 16.9 Å². The van der Waals surface area contributed by atoms with Gasteiger partial charge >= 0.3 is 0 Å². The standard InChI is InChI=1S/C19H22N6O/c1-26-15-4-2-3-14(11-15)16-12-22-24-18(16)13-6-9-25(10-7-13)19-21-8-5-17(20)23-19/h2-5,8,11-13H,6-7,9-10H2,1H3,(H,22,24)(H2,20,21,23). The molecule has 0 amide bonds. The smallest absolute Gasteiger partial charge is 0.227 e. The molecule has 0 aliphatic carbocycles. The molecule has 3 heterocycles. The van der Waals surface area contributed by atoms with E-state index in [4.69, 9.17) is 10.5 Å². The molecular weight excluding hydrogens is 328 g/mol. The normalized spacial score (nSPS) is 15.2. The Kier molecular flexibility index (Phi) is 4.43. The van der Waals surface area contributed by atoms with E-state index in [1.807, 2.05) is 24.4 Å². The van der Waals surface area contributed by atoms with Crippen molar-refractivity contribution in [3.05, 3.63) is 48.4 Å². The molecule has 0 radical (unpaired) electrons. The van der Waals surface area contributed by atoms with Gasteiger partial charge in [0.2, 0.25) is 5.95 Å². The summed E-state index contributed by atoms with van der Waals surface area (Å²) < 4.78 is 5.35. The van der Waals surface area contributed by atoms with E-state index in [1.54, 1.807) is 19.4 Å². The van der Waals surface area contributed by atoms with Gasteiger partial charge in [-0.15, -0.1) is 0 Å². The van der Waals surface area contributed by atoms with Gasteiger partial charge in [-0.25, -0.2) is 4.98 Å². The largest absolute Gasteiger partial charge is 0.497 e. The summed E-state index contributed by atoms with van der Waals surface area (Å²) in [5, 5.41) is 7.51. The molecule has 7 nitrogen and oxygen atoms in total. The van der Waals surface area contributed by atoms with Gasteiger partial charge in [0.15, 0.2) is 0 Å². The Labute approximate surface area is 152 Å². The molecule has 1 saturated heterocycles. The van der Waals surface area contributed by atoms with Crippen LogP contribution in [0.1, 0.15) is 24.5 Å². The van der Waals surface area contributed by atoms with Crippen molar-refractivity contribution in [2.24, 2.45) is 0 Å². The first kappa shape index (κ1) is 16.4. The molecule has 1 aliphatic rings. The fourth-order valence-corrected chi connectivity index (χ4v) is 3.51. The molecule has 26 heavy (non-hydrogen) atoms. The number of nitrogen functional groups attached to an aromatic ring is 1. The lowest BCUT2D eigenvalue weighted by molar-refractivity contribution is 0.415. The summed E-state index contributed by atoms with van der Waals surface area (Å²) in [6, 6.07) is 9.80. The lowest BCUT2D eigenvalue weighted by Gasteiger charge is -2.32. The Balaban J connectivity index is 1.51. The zero-order valence-electron chi connectivity index (χ0n) is 14.7. The van der Waals surface area contributed by atoms with E-state index in [0.29, 0.717) is 17.7 Å². The van der Waals surface area contributed by atoms with Crippen LogP contribution in [0.5, 0.6) is 5.75 Å². The molecule has 2 aromatic heterocycles. The fourth-order valence-electron chi connectivity index (χ4n) is 3.51. The highest BCUT2D eigenvalue weighted by Gasteiger charge is 2.25. The maximum Gasteiger partial charge on any atom is 0.227 e. The molecular formula is C19H22N6O. The average molecular weight is 350 g/mol. The van der Waals surface area contributed by atoms with Crippen molar-refractivity contribution in [3.63, 3.8) is 0 Å². The quantitative estimate of drug-likeness (QED) is 0.751.